The van der Waals surface area contributed by atoms with Crippen molar-refractivity contribution in [2.75, 3.05) is 11.5 Å². The van der Waals surface area contributed by atoms with Crippen LogP contribution in [0, 0.1) is 0 Å². The molecule has 0 saturated heterocycles. The van der Waals surface area contributed by atoms with E-state index >= 15 is 0 Å². The highest BCUT2D eigenvalue weighted by Gasteiger charge is 2.17. The van der Waals surface area contributed by atoms with E-state index in [-0.39, 0.29) is 6.04 Å². The highest BCUT2D eigenvalue weighted by atomic mass is 32.2. The number of pyridine rings is 1. The predicted octanol–water partition coefficient (Wildman–Crippen LogP) is 2.10. The Balaban J connectivity index is 1.81. The predicted molar refractivity (Wildman–Crippen MR) is 82.8 cm³/mol. The van der Waals surface area contributed by atoms with Gasteiger partial charge in [-0.3, -0.25) is 16.3 Å². The van der Waals surface area contributed by atoms with Gasteiger partial charge in [-0.2, -0.15) is 11.8 Å². The molecule has 1 unspecified atom stereocenters. The summed E-state index contributed by atoms with van der Waals surface area (Å²) in [5.74, 6) is 6.70. The first-order chi connectivity index (χ1) is 9.29. The summed E-state index contributed by atoms with van der Waals surface area (Å²) in [6.07, 6.45) is 11.3. The summed E-state index contributed by atoms with van der Waals surface area (Å²) in [6.45, 7) is 0. The number of aromatic nitrogens is 1. The SMILES string of the molecule is NNC(CSC1CCCCC1)Cc1cnccc1N. The molecule has 0 aliphatic heterocycles. The highest BCUT2D eigenvalue weighted by Crippen LogP contribution is 2.29. The third-order valence-electron chi connectivity index (χ3n) is 3.73. The first kappa shape index (κ1) is 14.6. The summed E-state index contributed by atoms with van der Waals surface area (Å²) >= 11 is 2.05. The van der Waals surface area contributed by atoms with E-state index in [2.05, 4.69) is 22.2 Å². The van der Waals surface area contributed by atoms with E-state index in [0.717, 1.165) is 28.7 Å². The number of rotatable bonds is 6. The fourth-order valence-corrected chi connectivity index (χ4v) is 3.91. The maximum atomic E-state index is 5.95. The van der Waals surface area contributed by atoms with Gasteiger partial charge in [-0.05, 0) is 30.9 Å². The molecule has 0 amide bonds. The molecule has 1 aromatic rings. The molecule has 1 atom stereocenters. The number of hydrazine groups is 1. The molecule has 0 radical (unpaired) electrons. The normalized spacial score (nSPS) is 18.4. The molecule has 1 fully saturated rings. The van der Waals surface area contributed by atoms with Crippen molar-refractivity contribution < 1.29 is 0 Å². The summed E-state index contributed by atoms with van der Waals surface area (Å²) in [4.78, 5) is 4.13. The van der Waals surface area contributed by atoms with Crippen molar-refractivity contribution in [2.45, 2.75) is 49.8 Å². The summed E-state index contributed by atoms with van der Waals surface area (Å²) in [6, 6.07) is 2.11. The zero-order chi connectivity index (χ0) is 13.5. The molecular weight excluding hydrogens is 256 g/mol. The third kappa shape index (κ3) is 4.67. The molecule has 1 aliphatic rings. The van der Waals surface area contributed by atoms with Crippen LogP contribution in [0.3, 0.4) is 0 Å². The van der Waals surface area contributed by atoms with Crippen molar-refractivity contribution >= 4 is 17.4 Å². The van der Waals surface area contributed by atoms with Gasteiger partial charge in [0.25, 0.3) is 0 Å². The van der Waals surface area contributed by atoms with E-state index in [4.69, 9.17) is 11.6 Å². The van der Waals surface area contributed by atoms with Crippen LogP contribution in [0.25, 0.3) is 0 Å². The van der Waals surface area contributed by atoms with Gasteiger partial charge in [0.05, 0.1) is 0 Å². The minimum atomic E-state index is 0.262. The molecule has 19 heavy (non-hydrogen) atoms. The van der Waals surface area contributed by atoms with E-state index in [9.17, 15) is 0 Å². The number of nitrogens with one attached hydrogen (secondary N) is 1. The van der Waals surface area contributed by atoms with Crippen LogP contribution in [0.2, 0.25) is 0 Å². The molecule has 1 aromatic heterocycles. The van der Waals surface area contributed by atoms with Gasteiger partial charge < -0.3 is 5.73 Å². The molecule has 4 nitrogen and oxygen atoms in total. The Morgan fingerprint density at radius 1 is 1.37 bits per heavy atom. The van der Waals surface area contributed by atoms with Crippen molar-refractivity contribution in [3.05, 3.63) is 24.0 Å². The van der Waals surface area contributed by atoms with Crippen molar-refractivity contribution in [3.63, 3.8) is 0 Å². The number of nitrogens with two attached hydrogens (primary N) is 2. The van der Waals surface area contributed by atoms with Crippen LogP contribution in [0.15, 0.2) is 18.5 Å². The van der Waals surface area contributed by atoms with Gasteiger partial charge in [0, 0.05) is 35.1 Å². The summed E-state index contributed by atoms with van der Waals surface area (Å²) in [5.41, 5.74) is 10.7. The van der Waals surface area contributed by atoms with Crippen LogP contribution >= 0.6 is 11.8 Å². The van der Waals surface area contributed by atoms with E-state index in [0.29, 0.717) is 0 Å². The van der Waals surface area contributed by atoms with Gasteiger partial charge in [-0.15, -0.1) is 0 Å². The number of nitrogen functional groups attached to an aromatic ring is 1. The Kier molecular flexibility index (Phi) is 5.94. The van der Waals surface area contributed by atoms with Gasteiger partial charge in [-0.1, -0.05) is 19.3 Å². The second-order valence-corrected chi connectivity index (χ2v) is 6.57. The Hall–Kier alpha value is -0.780. The number of hydrogen-bond donors (Lipinski definition) is 3. The van der Waals surface area contributed by atoms with Crippen LogP contribution in [0.4, 0.5) is 5.69 Å². The maximum absolute atomic E-state index is 5.95. The van der Waals surface area contributed by atoms with Crippen molar-refractivity contribution in [2.24, 2.45) is 5.84 Å². The molecule has 5 heteroatoms. The van der Waals surface area contributed by atoms with Crippen LogP contribution in [-0.2, 0) is 6.42 Å². The third-order valence-corrected chi connectivity index (χ3v) is 5.27. The van der Waals surface area contributed by atoms with E-state index < -0.39 is 0 Å². The summed E-state index contributed by atoms with van der Waals surface area (Å²) in [5, 5.41) is 0.816. The first-order valence-corrected chi connectivity index (χ1v) is 8.10. The van der Waals surface area contributed by atoms with E-state index in [1.165, 1.54) is 32.1 Å². The number of nitrogens with zero attached hydrogens (tertiary/aromatic N) is 1. The van der Waals surface area contributed by atoms with Gasteiger partial charge in [0.15, 0.2) is 0 Å². The molecule has 2 rings (SSSR count). The fraction of sp³-hybridized carbons (Fsp3) is 0.643. The lowest BCUT2D eigenvalue weighted by molar-refractivity contribution is 0.513. The molecule has 0 bridgehead atoms. The lowest BCUT2D eigenvalue weighted by Crippen LogP contribution is -2.39. The molecule has 5 N–H and O–H groups in total. The van der Waals surface area contributed by atoms with Crippen molar-refractivity contribution in [1.29, 1.82) is 0 Å². The topological polar surface area (TPSA) is 77.0 Å². The smallest absolute Gasteiger partial charge is 0.0378 e. The second-order valence-electron chi connectivity index (χ2n) is 5.24. The molecule has 0 spiro atoms. The molecule has 1 heterocycles. The molecule has 0 aromatic carbocycles. The van der Waals surface area contributed by atoms with Crippen LogP contribution in [-0.4, -0.2) is 22.0 Å². The second kappa shape index (κ2) is 7.72. The Bertz CT molecular complexity index is 379. The largest absolute Gasteiger partial charge is 0.398 e. The molecule has 106 valence electrons. The van der Waals surface area contributed by atoms with Crippen LogP contribution < -0.4 is 17.0 Å². The lowest BCUT2D eigenvalue weighted by atomic mass is 10.0. The monoisotopic (exact) mass is 280 g/mol. The van der Waals surface area contributed by atoms with Crippen molar-refractivity contribution in [1.82, 2.24) is 10.4 Å². The highest BCUT2D eigenvalue weighted by molar-refractivity contribution is 7.99. The van der Waals surface area contributed by atoms with E-state index in [1.54, 1.807) is 6.20 Å². The van der Waals surface area contributed by atoms with Gasteiger partial charge in [0.1, 0.15) is 0 Å². The first-order valence-electron chi connectivity index (χ1n) is 7.05. The zero-order valence-corrected chi connectivity index (χ0v) is 12.2. The Morgan fingerprint density at radius 3 is 2.84 bits per heavy atom. The quantitative estimate of drug-likeness (QED) is 0.549. The standard InChI is InChI=1S/C14H24N4S/c15-14-6-7-17-9-11(14)8-12(18-16)10-19-13-4-2-1-3-5-13/h6-7,9,12-13,18H,1-5,8,10,16H2,(H2,15,17). The molecule has 1 aliphatic carbocycles. The Labute approximate surface area is 119 Å². The molecule has 1 saturated carbocycles. The summed E-state index contributed by atoms with van der Waals surface area (Å²) < 4.78 is 0. The fourth-order valence-electron chi connectivity index (χ4n) is 2.52. The average Bonchev–Trinajstić information content (AvgIpc) is 2.46. The average molecular weight is 280 g/mol. The Morgan fingerprint density at radius 2 is 2.16 bits per heavy atom. The lowest BCUT2D eigenvalue weighted by Gasteiger charge is -2.24. The summed E-state index contributed by atoms with van der Waals surface area (Å²) in [7, 11) is 0. The minimum absolute atomic E-state index is 0.262. The number of hydrogen-bond acceptors (Lipinski definition) is 5. The van der Waals surface area contributed by atoms with Crippen LogP contribution in [0.5, 0.6) is 0 Å². The van der Waals surface area contributed by atoms with Crippen LogP contribution in [0.1, 0.15) is 37.7 Å². The van der Waals surface area contributed by atoms with Gasteiger partial charge in [-0.25, -0.2) is 0 Å². The molecular formula is C14H24N4S. The number of anilines is 1. The zero-order valence-electron chi connectivity index (χ0n) is 11.3. The maximum Gasteiger partial charge on any atom is 0.0378 e. The number of thioether (sulfide) groups is 1. The van der Waals surface area contributed by atoms with E-state index in [1.807, 2.05) is 12.3 Å². The van der Waals surface area contributed by atoms with Gasteiger partial charge >= 0.3 is 0 Å². The van der Waals surface area contributed by atoms with Crippen molar-refractivity contribution in [3.8, 4) is 0 Å². The minimum Gasteiger partial charge on any atom is -0.398 e. The van der Waals surface area contributed by atoms with Gasteiger partial charge in [0.2, 0.25) is 0 Å².